The minimum atomic E-state index is -4.46. The maximum atomic E-state index is 12.7. The molecule has 144 valence electrons. The smallest absolute Gasteiger partial charge is 0.359 e. The minimum Gasteiger partial charge on any atom is -0.359 e. The summed E-state index contributed by atoms with van der Waals surface area (Å²) in [5, 5.41) is 2.81. The van der Waals surface area contributed by atoms with Crippen molar-refractivity contribution in [3.63, 3.8) is 0 Å². The van der Waals surface area contributed by atoms with Crippen LogP contribution in [0.4, 0.5) is 37.7 Å². The second kappa shape index (κ2) is 7.85. The number of hydrogen-bond acceptors (Lipinski definition) is 2. The number of nitrogens with zero attached hydrogens (tertiary/aromatic N) is 1. The summed E-state index contributed by atoms with van der Waals surface area (Å²) in [6.07, 6.45) is -7.38. The number of halogens is 6. The summed E-state index contributed by atoms with van der Waals surface area (Å²) < 4.78 is 76.4. The molecule has 0 atom stereocenters. The monoisotopic (exact) mass is 386 g/mol. The second-order valence-corrected chi connectivity index (χ2v) is 5.83. The normalized spacial score (nSPS) is 13.6. The van der Waals surface area contributed by atoms with Crippen molar-refractivity contribution in [3.8, 4) is 0 Å². The molecule has 2 aromatic rings. The molecule has 0 heterocycles. The molecule has 0 aliphatic carbocycles. The lowest BCUT2D eigenvalue weighted by Gasteiger charge is -2.11. The maximum absolute atomic E-state index is 12.7. The summed E-state index contributed by atoms with van der Waals surface area (Å²) >= 11 is 0. The first kappa shape index (κ1) is 20.5. The zero-order valence-corrected chi connectivity index (χ0v) is 14.4. The van der Waals surface area contributed by atoms with Gasteiger partial charge in [0.15, 0.2) is 0 Å². The van der Waals surface area contributed by atoms with Crippen molar-refractivity contribution < 1.29 is 26.3 Å². The van der Waals surface area contributed by atoms with Crippen LogP contribution in [-0.2, 0) is 12.4 Å². The van der Waals surface area contributed by atoms with Gasteiger partial charge in [-0.3, -0.25) is 4.99 Å². The third kappa shape index (κ3) is 6.16. The largest absolute Gasteiger partial charge is 0.416 e. The van der Waals surface area contributed by atoms with Gasteiger partial charge in [-0.2, -0.15) is 26.3 Å². The Kier molecular flexibility index (Phi) is 5.98. The fraction of sp³-hybridized carbons (Fsp3) is 0.211. The Morgan fingerprint density at radius 2 is 1.41 bits per heavy atom. The number of hydrogen-bond donors (Lipinski definition) is 1. The van der Waals surface area contributed by atoms with Crippen molar-refractivity contribution in [1.82, 2.24) is 0 Å². The molecule has 0 fully saturated rings. The van der Waals surface area contributed by atoms with Gasteiger partial charge in [-0.25, -0.2) is 0 Å². The van der Waals surface area contributed by atoms with Gasteiger partial charge in [0.2, 0.25) is 0 Å². The van der Waals surface area contributed by atoms with Gasteiger partial charge in [0.25, 0.3) is 0 Å². The topological polar surface area (TPSA) is 24.4 Å². The van der Waals surface area contributed by atoms with E-state index in [9.17, 15) is 26.3 Å². The SMILES string of the molecule is CC(/C=C(\C)Nc1cccc(C(F)(F)F)c1)=Nc1cccc(C(F)(F)F)c1. The summed E-state index contributed by atoms with van der Waals surface area (Å²) in [5.74, 6) is 0. The van der Waals surface area contributed by atoms with Crippen LogP contribution in [0.3, 0.4) is 0 Å². The van der Waals surface area contributed by atoms with Crippen molar-refractivity contribution in [2.45, 2.75) is 26.2 Å². The first-order chi connectivity index (χ1) is 12.4. The molecule has 8 heteroatoms. The average molecular weight is 386 g/mol. The molecule has 27 heavy (non-hydrogen) atoms. The fourth-order valence-electron chi connectivity index (χ4n) is 2.34. The van der Waals surface area contributed by atoms with Gasteiger partial charge in [-0.15, -0.1) is 0 Å². The maximum Gasteiger partial charge on any atom is 0.416 e. The summed E-state index contributed by atoms with van der Waals surface area (Å²) in [5.41, 5.74) is -0.335. The zero-order chi connectivity index (χ0) is 20.2. The quantitative estimate of drug-likeness (QED) is 0.452. The predicted octanol–water partition coefficient (Wildman–Crippen LogP) is 6.83. The molecule has 0 radical (unpaired) electrons. The van der Waals surface area contributed by atoms with E-state index in [1.807, 2.05) is 0 Å². The number of aliphatic imine (C=N–C) groups is 1. The van der Waals surface area contributed by atoms with Crippen molar-refractivity contribution in [1.29, 1.82) is 0 Å². The minimum absolute atomic E-state index is 0.130. The van der Waals surface area contributed by atoms with E-state index in [4.69, 9.17) is 0 Å². The zero-order valence-electron chi connectivity index (χ0n) is 14.4. The van der Waals surface area contributed by atoms with Crippen molar-refractivity contribution in [3.05, 3.63) is 71.4 Å². The summed E-state index contributed by atoms with van der Waals surface area (Å²) in [6.45, 7) is 3.20. The number of alkyl halides is 6. The highest BCUT2D eigenvalue weighted by molar-refractivity contribution is 5.95. The van der Waals surface area contributed by atoms with Gasteiger partial charge < -0.3 is 5.32 Å². The van der Waals surface area contributed by atoms with Crippen LogP contribution in [0.5, 0.6) is 0 Å². The number of anilines is 1. The highest BCUT2D eigenvalue weighted by Gasteiger charge is 2.31. The Morgan fingerprint density at radius 3 is 2.00 bits per heavy atom. The van der Waals surface area contributed by atoms with Crippen molar-refractivity contribution >= 4 is 17.1 Å². The molecule has 0 spiro atoms. The molecule has 0 unspecified atom stereocenters. The van der Waals surface area contributed by atoms with Crippen molar-refractivity contribution in [2.75, 3.05) is 5.32 Å². The second-order valence-electron chi connectivity index (χ2n) is 5.83. The van der Waals surface area contributed by atoms with E-state index < -0.39 is 23.5 Å². The molecule has 1 N–H and O–H groups in total. The van der Waals surface area contributed by atoms with Crippen LogP contribution in [-0.4, -0.2) is 5.71 Å². The van der Waals surface area contributed by atoms with Crippen LogP contribution in [0.15, 0.2) is 65.3 Å². The Balaban J connectivity index is 2.17. The summed E-state index contributed by atoms with van der Waals surface area (Å²) in [4.78, 5) is 4.09. The standard InChI is InChI=1S/C19H16F6N2/c1-12(26-16-7-3-5-14(10-16)18(20,21)22)9-13(2)27-17-8-4-6-15(11-17)19(23,24)25/h3-11,26H,1-2H3/b12-9+,27-13?. The molecular weight excluding hydrogens is 370 g/mol. The van der Waals surface area contributed by atoms with Crippen LogP contribution in [0.25, 0.3) is 0 Å². The Hall–Kier alpha value is -2.77. The molecule has 0 saturated carbocycles. The molecule has 2 aromatic carbocycles. The molecular formula is C19H16F6N2. The van der Waals surface area contributed by atoms with E-state index in [2.05, 4.69) is 10.3 Å². The molecule has 2 rings (SSSR count). The number of benzene rings is 2. The lowest BCUT2D eigenvalue weighted by Crippen LogP contribution is -2.06. The van der Waals surface area contributed by atoms with E-state index in [1.54, 1.807) is 13.8 Å². The van der Waals surface area contributed by atoms with Gasteiger partial charge in [0, 0.05) is 17.1 Å². The average Bonchev–Trinajstić information content (AvgIpc) is 2.53. The molecule has 0 aliphatic rings. The van der Waals surface area contributed by atoms with Crippen LogP contribution in [0, 0.1) is 0 Å². The predicted molar refractivity (Wildman–Crippen MR) is 93.0 cm³/mol. The summed E-state index contributed by atoms with van der Waals surface area (Å²) in [7, 11) is 0. The van der Waals surface area contributed by atoms with E-state index in [0.717, 1.165) is 24.3 Å². The van der Waals surface area contributed by atoms with Crippen LogP contribution in [0.2, 0.25) is 0 Å². The Bertz CT molecular complexity index is 863. The van der Waals surface area contributed by atoms with E-state index in [0.29, 0.717) is 11.4 Å². The van der Waals surface area contributed by atoms with Crippen molar-refractivity contribution in [2.24, 2.45) is 4.99 Å². The van der Waals surface area contributed by atoms with E-state index >= 15 is 0 Å². The van der Waals surface area contributed by atoms with Gasteiger partial charge in [0.05, 0.1) is 16.8 Å². The van der Waals surface area contributed by atoms with Gasteiger partial charge >= 0.3 is 12.4 Å². The highest BCUT2D eigenvalue weighted by Crippen LogP contribution is 2.32. The lowest BCUT2D eigenvalue weighted by molar-refractivity contribution is -0.138. The molecule has 2 nitrogen and oxygen atoms in total. The molecule has 0 aromatic heterocycles. The number of rotatable bonds is 4. The Morgan fingerprint density at radius 1 is 0.852 bits per heavy atom. The van der Waals surface area contributed by atoms with Gasteiger partial charge in [-0.1, -0.05) is 12.1 Å². The molecule has 0 amide bonds. The van der Waals surface area contributed by atoms with E-state index in [-0.39, 0.29) is 11.4 Å². The summed E-state index contributed by atoms with van der Waals surface area (Å²) in [6, 6.07) is 9.25. The Labute approximate surface area is 152 Å². The van der Waals surface area contributed by atoms with Crippen LogP contribution >= 0.6 is 0 Å². The van der Waals surface area contributed by atoms with Crippen LogP contribution in [0.1, 0.15) is 25.0 Å². The number of allylic oxidation sites excluding steroid dienone is 2. The lowest BCUT2D eigenvalue weighted by atomic mass is 10.2. The molecule has 0 saturated heterocycles. The fourth-order valence-corrected chi connectivity index (χ4v) is 2.34. The first-order valence-corrected chi connectivity index (χ1v) is 7.80. The molecule has 0 bridgehead atoms. The van der Waals surface area contributed by atoms with E-state index in [1.165, 1.54) is 30.3 Å². The van der Waals surface area contributed by atoms with Gasteiger partial charge in [-0.05, 0) is 56.3 Å². The first-order valence-electron chi connectivity index (χ1n) is 7.80. The third-order valence-corrected chi connectivity index (χ3v) is 3.44. The highest BCUT2D eigenvalue weighted by atomic mass is 19.4. The molecule has 0 aliphatic heterocycles. The van der Waals surface area contributed by atoms with Crippen LogP contribution < -0.4 is 5.32 Å². The third-order valence-electron chi connectivity index (χ3n) is 3.44. The number of nitrogens with one attached hydrogen (secondary N) is 1. The van der Waals surface area contributed by atoms with Gasteiger partial charge in [0.1, 0.15) is 0 Å².